The van der Waals surface area contributed by atoms with Gasteiger partial charge in [-0.2, -0.15) is 0 Å². The Morgan fingerprint density at radius 3 is 2.40 bits per heavy atom. The number of nitrogens with zero attached hydrogens (tertiary/aromatic N) is 1. The molecule has 1 aromatic carbocycles. The Hall–Kier alpha value is -1.31. The Morgan fingerprint density at radius 2 is 1.90 bits per heavy atom. The van der Waals surface area contributed by atoms with Gasteiger partial charge >= 0.3 is 0 Å². The van der Waals surface area contributed by atoms with E-state index in [1.54, 1.807) is 11.9 Å². The predicted molar refractivity (Wildman–Crippen MR) is 42.6 cm³/mol. The third-order valence-electron chi connectivity index (χ3n) is 1.31. The van der Waals surface area contributed by atoms with Gasteiger partial charge in [0.2, 0.25) is 0 Å². The standard InChI is InChI=1S/C8H9N2/c1-10(7-9)8-5-3-2-4-6-8/h2-6,9H,1H3. The van der Waals surface area contributed by atoms with Gasteiger partial charge in [-0.3, -0.25) is 5.41 Å². The van der Waals surface area contributed by atoms with Crippen LogP contribution in [0.5, 0.6) is 0 Å². The molecule has 0 fully saturated rings. The second-order valence-corrected chi connectivity index (χ2v) is 2.01. The van der Waals surface area contributed by atoms with Gasteiger partial charge in [-0.05, 0) is 12.1 Å². The van der Waals surface area contributed by atoms with E-state index in [-0.39, 0.29) is 0 Å². The number of para-hydroxylation sites is 1. The highest BCUT2D eigenvalue weighted by atomic mass is 15.1. The molecule has 0 saturated heterocycles. The quantitative estimate of drug-likeness (QED) is 0.370. The molecule has 10 heavy (non-hydrogen) atoms. The van der Waals surface area contributed by atoms with Gasteiger partial charge in [-0.1, -0.05) is 18.2 Å². The number of rotatable bonds is 2. The second-order valence-electron chi connectivity index (χ2n) is 2.01. The van der Waals surface area contributed by atoms with Crippen molar-refractivity contribution in [1.29, 1.82) is 5.41 Å². The summed E-state index contributed by atoms with van der Waals surface area (Å²) >= 11 is 0. The van der Waals surface area contributed by atoms with Crippen LogP contribution in [0.2, 0.25) is 0 Å². The highest BCUT2D eigenvalue weighted by Crippen LogP contribution is 2.07. The minimum absolute atomic E-state index is 0.984. The van der Waals surface area contributed by atoms with E-state index >= 15 is 0 Å². The number of anilines is 1. The molecule has 2 heteroatoms. The smallest absolute Gasteiger partial charge is 0.168 e. The SMILES string of the molecule is CN([C]=N)c1ccccc1. The van der Waals surface area contributed by atoms with E-state index in [0.29, 0.717) is 0 Å². The maximum Gasteiger partial charge on any atom is 0.168 e. The zero-order chi connectivity index (χ0) is 7.40. The molecule has 0 saturated carbocycles. The zero-order valence-electron chi connectivity index (χ0n) is 5.83. The van der Waals surface area contributed by atoms with E-state index < -0.39 is 0 Å². The average Bonchev–Trinajstić information content (AvgIpc) is 2.05. The van der Waals surface area contributed by atoms with Crippen LogP contribution in [0.1, 0.15) is 0 Å². The molecule has 0 unspecified atom stereocenters. The molecule has 0 amide bonds. The summed E-state index contributed by atoms with van der Waals surface area (Å²) in [6, 6.07) is 9.68. The molecule has 0 bridgehead atoms. The minimum atomic E-state index is 0.984. The van der Waals surface area contributed by atoms with Crippen molar-refractivity contribution in [3.8, 4) is 0 Å². The molecule has 51 valence electrons. The summed E-state index contributed by atoms with van der Waals surface area (Å²) in [5, 5.41) is 6.82. The first kappa shape index (κ1) is 6.81. The van der Waals surface area contributed by atoms with E-state index in [2.05, 4.69) is 6.34 Å². The zero-order valence-corrected chi connectivity index (χ0v) is 5.83. The van der Waals surface area contributed by atoms with Gasteiger partial charge in [0.25, 0.3) is 0 Å². The summed E-state index contributed by atoms with van der Waals surface area (Å²) in [5.41, 5.74) is 0.984. The third kappa shape index (κ3) is 1.35. The number of nitrogens with one attached hydrogen (secondary N) is 1. The Kier molecular flexibility index (Phi) is 2.05. The summed E-state index contributed by atoms with van der Waals surface area (Å²) in [4.78, 5) is 1.62. The second kappa shape index (κ2) is 3.01. The normalized spacial score (nSPS) is 8.90. The van der Waals surface area contributed by atoms with E-state index in [9.17, 15) is 0 Å². The van der Waals surface area contributed by atoms with Crippen molar-refractivity contribution in [3.63, 3.8) is 0 Å². The lowest BCUT2D eigenvalue weighted by molar-refractivity contribution is 1.27. The van der Waals surface area contributed by atoms with Crippen LogP contribution >= 0.6 is 0 Å². The van der Waals surface area contributed by atoms with Crippen molar-refractivity contribution in [3.05, 3.63) is 30.3 Å². The van der Waals surface area contributed by atoms with Crippen molar-refractivity contribution in [2.24, 2.45) is 0 Å². The number of hydrogen-bond donors (Lipinski definition) is 1. The maximum absolute atomic E-state index is 6.82. The molecule has 0 aliphatic carbocycles. The van der Waals surface area contributed by atoms with E-state index in [0.717, 1.165) is 5.69 Å². The minimum Gasteiger partial charge on any atom is -0.327 e. The molecule has 2 nitrogen and oxygen atoms in total. The molecule has 1 N–H and O–H groups in total. The first-order valence-corrected chi connectivity index (χ1v) is 3.06. The van der Waals surface area contributed by atoms with Crippen molar-refractivity contribution >= 4 is 12.0 Å². The molecule has 1 aromatic rings. The van der Waals surface area contributed by atoms with Gasteiger partial charge in [-0.15, -0.1) is 0 Å². The van der Waals surface area contributed by atoms with Crippen LogP contribution in [-0.4, -0.2) is 13.4 Å². The molecule has 1 rings (SSSR count). The fourth-order valence-corrected chi connectivity index (χ4v) is 0.716. The lowest BCUT2D eigenvalue weighted by atomic mass is 10.3. The van der Waals surface area contributed by atoms with E-state index in [4.69, 9.17) is 5.41 Å². The summed E-state index contributed by atoms with van der Waals surface area (Å²) in [5.74, 6) is 0. The van der Waals surface area contributed by atoms with Gasteiger partial charge in [0, 0.05) is 12.7 Å². The molecule has 1 radical (unpaired) electrons. The Labute approximate surface area is 60.6 Å². The van der Waals surface area contributed by atoms with Gasteiger partial charge in [0.15, 0.2) is 6.34 Å². The monoisotopic (exact) mass is 133 g/mol. The van der Waals surface area contributed by atoms with Gasteiger partial charge < -0.3 is 4.90 Å². The van der Waals surface area contributed by atoms with Crippen LogP contribution in [0.3, 0.4) is 0 Å². The molecule has 0 aromatic heterocycles. The predicted octanol–water partition coefficient (Wildman–Crippen LogP) is 1.61. The molecule has 0 atom stereocenters. The Balaban J connectivity index is 2.84. The highest BCUT2D eigenvalue weighted by Gasteiger charge is 1.92. The van der Waals surface area contributed by atoms with Gasteiger partial charge in [0.1, 0.15) is 0 Å². The average molecular weight is 133 g/mol. The molecule has 0 aliphatic heterocycles. The van der Waals surface area contributed by atoms with E-state index in [1.165, 1.54) is 0 Å². The van der Waals surface area contributed by atoms with Crippen LogP contribution in [-0.2, 0) is 0 Å². The van der Waals surface area contributed by atoms with Gasteiger partial charge in [-0.25, -0.2) is 0 Å². The van der Waals surface area contributed by atoms with Crippen LogP contribution < -0.4 is 4.90 Å². The van der Waals surface area contributed by atoms with Crippen LogP contribution in [0.4, 0.5) is 5.69 Å². The first-order chi connectivity index (χ1) is 4.84. The van der Waals surface area contributed by atoms with Crippen LogP contribution in [0.15, 0.2) is 30.3 Å². The number of hydrogen-bond acceptors (Lipinski definition) is 1. The van der Waals surface area contributed by atoms with Crippen molar-refractivity contribution in [2.45, 2.75) is 0 Å². The molecule has 0 heterocycles. The first-order valence-electron chi connectivity index (χ1n) is 3.06. The lowest BCUT2D eigenvalue weighted by Gasteiger charge is -2.09. The Morgan fingerprint density at radius 1 is 1.30 bits per heavy atom. The fourth-order valence-electron chi connectivity index (χ4n) is 0.716. The molecular weight excluding hydrogens is 124 g/mol. The summed E-state index contributed by atoms with van der Waals surface area (Å²) in [6.07, 6.45) is 2.26. The topological polar surface area (TPSA) is 27.1 Å². The summed E-state index contributed by atoms with van der Waals surface area (Å²) in [7, 11) is 1.79. The largest absolute Gasteiger partial charge is 0.327 e. The Bertz CT molecular complexity index is 206. The van der Waals surface area contributed by atoms with Gasteiger partial charge in [0.05, 0.1) is 0 Å². The molecular formula is C8H9N2. The van der Waals surface area contributed by atoms with Crippen molar-refractivity contribution in [1.82, 2.24) is 0 Å². The summed E-state index contributed by atoms with van der Waals surface area (Å²) in [6.45, 7) is 0. The summed E-state index contributed by atoms with van der Waals surface area (Å²) < 4.78 is 0. The highest BCUT2D eigenvalue weighted by molar-refractivity contribution is 5.75. The van der Waals surface area contributed by atoms with E-state index in [1.807, 2.05) is 30.3 Å². The van der Waals surface area contributed by atoms with Crippen molar-refractivity contribution in [2.75, 3.05) is 11.9 Å². The fraction of sp³-hybridized carbons (Fsp3) is 0.125. The lowest BCUT2D eigenvalue weighted by Crippen LogP contribution is -2.12. The maximum atomic E-state index is 6.82. The molecule has 0 spiro atoms. The number of benzene rings is 1. The third-order valence-corrected chi connectivity index (χ3v) is 1.31. The van der Waals surface area contributed by atoms with Crippen LogP contribution in [0.25, 0.3) is 0 Å². The molecule has 0 aliphatic rings. The van der Waals surface area contributed by atoms with Crippen LogP contribution in [0, 0.1) is 5.41 Å². The van der Waals surface area contributed by atoms with Crippen molar-refractivity contribution < 1.29 is 0 Å².